The predicted molar refractivity (Wildman–Crippen MR) is 69.7 cm³/mol. The zero-order chi connectivity index (χ0) is 15.5. The number of halogens is 2. The van der Waals surface area contributed by atoms with Crippen molar-refractivity contribution >= 4 is 5.91 Å². The number of aliphatic hydroxyl groups is 1. The van der Waals surface area contributed by atoms with Gasteiger partial charge in [-0.3, -0.25) is 4.79 Å². The predicted octanol–water partition coefficient (Wildman–Crippen LogP) is 0.724. The van der Waals surface area contributed by atoms with Crippen molar-refractivity contribution in [2.75, 3.05) is 19.8 Å². The summed E-state index contributed by atoms with van der Waals surface area (Å²) >= 11 is 0. The number of amides is 1. The van der Waals surface area contributed by atoms with E-state index in [9.17, 15) is 13.6 Å². The number of carbonyl (C=O) groups is 1. The van der Waals surface area contributed by atoms with Gasteiger partial charge in [-0.1, -0.05) is 0 Å². The van der Waals surface area contributed by atoms with Crippen LogP contribution in [0.3, 0.4) is 0 Å². The van der Waals surface area contributed by atoms with Crippen molar-refractivity contribution in [2.45, 2.75) is 31.9 Å². The SMILES string of the molecule is CCn1ccnc1[C@@H]1OCC[C@H]1C(=O)NCC(F)(F)CO. The van der Waals surface area contributed by atoms with Gasteiger partial charge in [0.2, 0.25) is 5.91 Å². The van der Waals surface area contributed by atoms with Gasteiger partial charge in [0, 0.05) is 25.5 Å². The molecule has 2 heterocycles. The fourth-order valence-corrected chi connectivity index (χ4v) is 2.36. The third-order valence-corrected chi connectivity index (χ3v) is 3.52. The minimum atomic E-state index is -3.31. The van der Waals surface area contributed by atoms with Crippen LogP contribution in [0, 0.1) is 5.92 Å². The molecule has 0 aliphatic carbocycles. The molecule has 1 amide bonds. The van der Waals surface area contributed by atoms with Gasteiger partial charge in [0.05, 0.1) is 12.5 Å². The van der Waals surface area contributed by atoms with E-state index >= 15 is 0 Å². The molecule has 1 aromatic heterocycles. The Labute approximate surface area is 121 Å². The number of aryl methyl sites for hydroxylation is 1. The molecule has 2 atom stereocenters. The first kappa shape index (κ1) is 15.8. The number of hydrogen-bond acceptors (Lipinski definition) is 4. The lowest BCUT2D eigenvalue weighted by Gasteiger charge is -2.20. The molecule has 0 spiro atoms. The van der Waals surface area contributed by atoms with E-state index in [-0.39, 0.29) is 0 Å². The molecule has 0 bridgehead atoms. The number of nitrogens with one attached hydrogen (secondary N) is 1. The van der Waals surface area contributed by atoms with Crippen LogP contribution in [-0.4, -0.2) is 46.2 Å². The van der Waals surface area contributed by atoms with Crippen LogP contribution in [0.1, 0.15) is 25.3 Å². The second-order valence-corrected chi connectivity index (χ2v) is 4.99. The van der Waals surface area contributed by atoms with E-state index in [1.165, 1.54) is 0 Å². The Morgan fingerprint density at radius 3 is 3.10 bits per heavy atom. The number of imidazole rings is 1. The van der Waals surface area contributed by atoms with Gasteiger partial charge >= 0.3 is 0 Å². The summed E-state index contributed by atoms with van der Waals surface area (Å²) in [5.74, 6) is -3.74. The van der Waals surface area contributed by atoms with Crippen LogP contribution in [0.5, 0.6) is 0 Å². The van der Waals surface area contributed by atoms with Gasteiger partial charge < -0.3 is 19.7 Å². The van der Waals surface area contributed by atoms with E-state index in [0.717, 1.165) is 0 Å². The number of hydrogen-bond donors (Lipinski definition) is 2. The summed E-state index contributed by atoms with van der Waals surface area (Å²) in [6.07, 6.45) is 3.33. The standard InChI is InChI=1S/C13H19F2N3O3/c1-2-18-5-4-16-11(18)10-9(3-6-21-10)12(20)17-7-13(14,15)8-19/h4-5,9-10,19H,2-3,6-8H2,1H3,(H,17,20)/t9-,10-/m1/s1. The number of aliphatic hydroxyl groups excluding tert-OH is 1. The van der Waals surface area contributed by atoms with Crippen LogP contribution in [0.4, 0.5) is 8.78 Å². The minimum absolute atomic E-state index is 0.385. The molecule has 21 heavy (non-hydrogen) atoms. The average molecular weight is 303 g/mol. The molecule has 118 valence electrons. The van der Waals surface area contributed by atoms with E-state index in [0.29, 0.717) is 25.4 Å². The normalized spacial score (nSPS) is 22.5. The zero-order valence-corrected chi connectivity index (χ0v) is 11.8. The molecule has 1 fully saturated rings. The first-order valence-corrected chi connectivity index (χ1v) is 6.87. The van der Waals surface area contributed by atoms with E-state index in [4.69, 9.17) is 9.84 Å². The highest BCUT2D eigenvalue weighted by molar-refractivity contribution is 5.79. The maximum Gasteiger partial charge on any atom is 0.287 e. The molecule has 1 aliphatic rings. The highest BCUT2D eigenvalue weighted by Gasteiger charge is 2.39. The molecule has 8 heteroatoms. The Hall–Kier alpha value is -1.54. The average Bonchev–Trinajstić information content (AvgIpc) is 3.12. The summed E-state index contributed by atoms with van der Waals surface area (Å²) in [5, 5.41) is 10.7. The zero-order valence-electron chi connectivity index (χ0n) is 11.8. The maximum atomic E-state index is 13.0. The summed E-state index contributed by atoms with van der Waals surface area (Å²) in [7, 11) is 0. The lowest BCUT2D eigenvalue weighted by atomic mass is 9.99. The molecule has 0 saturated carbocycles. The van der Waals surface area contributed by atoms with Gasteiger partial charge in [-0.05, 0) is 13.3 Å². The summed E-state index contributed by atoms with van der Waals surface area (Å²) in [6, 6.07) is 0. The molecular weight excluding hydrogens is 284 g/mol. The largest absolute Gasteiger partial charge is 0.390 e. The Balaban J connectivity index is 2.03. The Kier molecular flexibility index (Phi) is 4.89. The molecule has 1 aromatic rings. The van der Waals surface area contributed by atoms with Gasteiger partial charge in [0.25, 0.3) is 5.92 Å². The number of carbonyl (C=O) groups excluding carboxylic acids is 1. The lowest BCUT2D eigenvalue weighted by Crippen LogP contribution is -2.42. The smallest absolute Gasteiger partial charge is 0.287 e. The Morgan fingerprint density at radius 1 is 1.67 bits per heavy atom. The number of ether oxygens (including phenoxy) is 1. The first-order valence-electron chi connectivity index (χ1n) is 6.87. The lowest BCUT2D eigenvalue weighted by molar-refractivity contribution is -0.129. The number of rotatable bonds is 6. The Morgan fingerprint density at radius 2 is 2.43 bits per heavy atom. The second-order valence-electron chi connectivity index (χ2n) is 4.99. The van der Waals surface area contributed by atoms with Gasteiger partial charge in [0.15, 0.2) is 0 Å². The molecule has 0 unspecified atom stereocenters. The third-order valence-electron chi connectivity index (χ3n) is 3.52. The first-order chi connectivity index (χ1) is 9.98. The summed E-state index contributed by atoms with van der Waals surface area (Å²) in [6.45, 7) is 0.838. The number of nitrogens with zero attached hydrogens (tertiary/aromatic N) is 2. The van der Waals surface area contributed by atoms with Crippen molar-refractivity contribution in [3.63, 3.8) is 0 Å². The van der Waals surface area contributed by atoms with Crippen LogP contribution in [0.2, 0.25) is 0 Å². The van der Waals surface area contributed by atoms with Crippen LogP contribution in [0.25, 0.3) is 0 Å². The van der Waals surface area contributed by atoms with Crippen molar-refractivity contribution < 1.29 is 23.4 Å². The molecular formula is C13H19F2N3O3. The summed E-state index contributed by atoms with van der Waals surface area (Å²) in [4.78, 5) is 16.3. The molecule has 1 aliphatic heterocycles. The van der Waals surface area contributed by atoms with Gasteiger partial charge in [-0.25, -0.2) is 13.8 Å². The highest BCUT2D eigenvalue weighted by Crippen LogP contribution is 2.33. The maximum absolute atomic E-state index is 13.0. The number of alkyl halides is 2. The van der Waals surface area contributed by atoms with Crippen molar-refractivity contribution in [1.29, 1.82) is 0 Å². The van der Waals surface area contributed by atoms with Gasteiger partial charge in [-0.15, -0.1) is 0 Å². The quantitative estimate of drug-likeness (QED) is 0.812. The van der Waals surface area contributed by atoms with E-state index in [2.05, 4.69) is 10.3 Å². The van der Waals surface area contributed by atoms with Crippen molar-refractivity contribution in [1.82, 2.24) is 14.9 Å². The van der Waals surface area contributed by atoms with E-state index in [1.54, 1.807) is 12.4 Å². The van der Waals surface area contributed by atoms with Crippen molar-refractivity contribution in [3.05, 3.63) is 18.2 Å². The molecule has 2 rings (SSSR count). The van der Waals surface area contributed by atoms with Crippen LogP contribution in [0.15, 0.2) is 12.4 Å². The molecule has 0 aromatic carbocycles. The summed E-state index contributed by atoms with van der Waals surface area (Å²) in [5.41, 5.74) is 0. The van der Waals surface area contributed by atoms with Gasteiger partial charge in [-0.2, -0.15) is 0 Å². The van der Waals surface area contributed by atoms with Crippen LogP contribution >= 0.6 is 0 Å². The second kappa shape index (κ2) is 6.48. The van der Waals surface area contributed by atoms with Crippen LogP contribution in [-0.2, 0) is 16.1 Å². The monoisotopic (exact) mass is 303 g/mol. The fraction of sp³-hybridized carbons (Fsp3) is 0.692. The number of aromatic nitrogens is 2. The fourth-order valence-electron chi connectivity index (χ4n) is 2.36. The molecule has 0 radical (unpaired) electrons. The summed E-state index contributed by atoms with van der Waals surface area (Å²) < 4.78 is 33.4. The van der Waals surface area contributed by atoms with Crippen LogP contribution < -0.4 is 5.32 Å². The highest BCUT2D eigenvalue weighted by atomic mass is 19.3. The molecule has 2 N–H and O–H groups in total. The van der Waals surface area contributed by atoms with Gasteiger partial charge in [0.1, 0.15) is 18.5 Å². The van der Waals surface area contributed by atoms with E-state index < -0.39 is 37.0 Å². The van der Waals surface area contributed by atoms with Crippen molar-refractivity contribution in [3.8, 4) is 0 Å². The third kappa shape index (κ3) is 3.56. The van der Waals surface area contributed by atoms with E-state index in [1.807, 2.05) is 11.5 Å². The molecule has 6 nitrogen and oxygen atoms in total. The minimum Gasteiger partial charge on any atom is -0.390 e. The Bertz CT molecular complexity index is 493. The molecule has 1 saturated heterocycles. The topological polar surface area (TPSA) is 76.4 Å². The van der Waals surface area contributed by atoms with Crippen molar-refractivity contribution in [2.24, 2.45) is 5.92 Å².